The molecular weight excluding hydrogens is 382 g/mol. The third kappa shape index (κ3) is 4.35. The van der Waals surface area contributed by atoms with Crippen LogP contribution in [0.15, 0.2) is 46.9 Å². The van der Waals surface area contributed by atoms with Gasteiger partial charge in [-0.15, -0.1) is 0 Å². The highest BCUT2D eigenvalue weighted by Gasteiger charge is 2.28. The highest BCUT2D eigenvalue weighted by molar-refractivity contribution is 5.80. The summed E-state index contributed by atoms with van der Waals surface area (Å²) in [6.07, 6.45) is 2.54. The molecule has 1 saturated heterocycles. The number of anilines is 1. The van der Waals surface area contributed by atoms with Crippen LogP contribution in [0.3, 0.4) is 0 Å². The number of hydrogen-bond donors (Lipinski definition) is 1. The fourth-order valence-electron chi connectivity index (χ4n) is 3.87. The number of aromatic nitrogens is 1. The minimum atomic E-state index is -0.0702. The van der Waals surface area contributed by atoms with Crippen molar-refractivity contribution in [3.05, 3.63) is 48.0 Å². The van der Waals surface area contributed by atoms with E-state index < -0.39 is 0 Å². The van der Waals surface area contributed by atoms with Gasteiger partial charge < -0.3 is 24.1 Å². The standard InChI is InChI=1S/C23H27N3O4/c1-28-20-10-9-16(14-21(20)29-2)11-12-24-22(27)17-6-5-13-26(15-17)23-25-18-7-3-4-8-19(18)30-23/h3-4,7-10,14,17H,5-6,11-13,15H2,1-2H3,(H,24,27). The summed E-state index contributed by atoms with van der Waals surface area (Å²) in [5.41, 5.74) is 2.70. The van der Waals surface area contributed by atoms with Crippen LogP contribution in [0.4, 0.5) is 6.01 Å². The number of carbonyl (C=O) groups excluding carboxylic acids is 1. The van der Waals surface area contributed by atoms with Crippen molar-refractivity contribution in [3.8, 4) is 11.5 Å². The van der Waals surface area contributed by atoms with Gasteiger partial charge in [-0.2, -0.15) is 4.98 Å². The van der Waals surface area contributed by atoms with Crippen LogP contribution in [0.5, 0.6) is 11.5 Å². The molecule has 1 aromatic heterocycles. The number of rotatable bonds is 7. The lowest BCUT2D eigenvalue weighted by atomic mass is 9.97. The lowest BCUT2D eigenvalue weighted by molar-refractivity contribution is -0.125. The fraction of sp³-hybridized carbons (Fsp3) is 0.391. The number of piperidine rings is 1. The van der Waals surface area contributed by atoms with Gasteiger partial charge in [-0.25, -0.2) is 0 Å². The van der Waals surface area contributed by atoms with Gasteiger partial charge in [0.1, 0.15) is 5.52 Å². The molecule has 1 fully saturated rings. The monoisotopic (exact) mass is 409 g/mol. The lowest BCUT2D eigenvalue weighted by Crippen LogP contribution is -2.43. The highest BCUT2D eigenvalue weighted by atomic mass is 16.5. The van der Waals surface area contributed by atoms with Crippen LogP contribution in [0.2, 0.25) is 0 Å². The molecule has 0 radical (unpaired) electrons. The van der Waals surface area contributed by atoms with E-state index in [1.54, 1.807) is 14.2 Å². The number of carbonyl (C=O) groups is 1. The summed E-state index contributed by atoms with van der Waals surface area (Å²) >= 11 is 0. The maximum absolute atomic E-state index is 12.7. The van der Waals surface area contributed by atoms with Crippen molar-refractivity contribution < 1.29 is 18.7 Å². The molecule has 7 nitrogen and oxygen atoms in total. The fourth-order valence-corrected chi connectivity index (χ4v) is 3.87. The van der Waals surface area contributed by atoms with E-state index in [4.69, 9.17) is 13.9 Å². The van der Waals surface area contributed by atoms with Crippen LogP contribution in [-0.4, -0.2) is 44.7 Å². The number of ether oxygens (including phenoxy) is 2. The molecule has 2 heterocycles. The summed E-state index contributed by atoms with van der Waals surface area (Å²) in [6.45, 7) is 2.05. The van der Waals surface area contributed by atoms with Gasteiger partial charge >= 0.3 is 0 Å². The van der Waals surface area contributed by atoms with E-state index in [0.717, 1.165) is 42.5 Å². The molecule has 30 heavy (non-hydrogen) atoms. The molecule has 1 aliphatic heterocycles. The zero-order valence-corrected chi connectivity index (χ0v) is 17.4. The van der Waals surface area contributed by atoms with E-state index in [1.807, 2.05) is 42.5 Å². The first kappa shape index (κ1) is 20.1. The average Bonchev–Trinajstić information content (AvgIpc) is 3.23. The summed E-state index contributed by atoms with van der Waals surface area (Å²) in [6, 6.07) is 14.1. The number of nitrogens with zero attached hydrogens (tertiary/aromatic N) is 2. The van der Waals surface area contributed by atoms with Crippen molar-refractivity contribution in [1.82, 2.24) is 10.3 Å². The third-order valence-corrected chi connectivity index (χ3v) is 5.51. The average molecular weight is 409 g/mol. The smallest absolute Gasteiger partial charge is 0.298 e. The Bertz CT molecular complexity index is 984. The Morgan fingerprint density at radius 3 is 2.83 bits per heavy atom. The molecule has 0 bridgehead atoms. The molecule has 1 unspecified atom stereocenters. The van der Waals surface area contributed by atoms with Gasteiger partial charge in [-0.05, 0) is 49.1 Å². The number of benzene rings is 2. The van der Waals surface area contributed by atoms with Crippen molar-refractivity contribution in [1.29, 1.82) is 0 Å². The van der Waals surface area contributed by atoms with Crippen LogP contribution >= 0.6 is 0 Å². The Kier molecular flexibility index (Phi) is 6.07. The van der Waals surface area contributed by atoms with Crippen LogP contribution in [0, 0.1) is 5.92 Å². The second-order valence-electron chi connectivity index (χ2n) is 7.48. The molecule has 4 rings (SSSR count). The molecule has 158 valence electrons. The summed E-state index contributed by atoms with van der Waals surface area (Å²) in [4.78, 5) is 19.4. The summed E-state index contributed by atoms with van der Waals surface area (Å²) in [5.74, 6) is 1.41. The highest BCUT2D eigenvalue weighted by Crippen LogP contribution is 2.28. The first-order valence-electron chi connectivity index (χ1n) is 10.3. The molecule has 0 spiro atoms. The van der Waals surface area contributed by atoms with Gasteiger partial charge in [0.05, 0.1) is 20.1 Å². The van der Waals surface area contributed by atoms with Crippen LogP contribution in [0.1, 0.15) is 18.4 Å². The Labute approximate surface area is 176 Å². The Morgan fingerprint density at radius 1 is 1.20 bits per heavy atom. The molecule has 1 atom stereocenters. The first-order valence-corrected chi connectivity index (χ1v) is 10.3. The maximum atomic E-state index is 12.7. The predicted octanol–water partition coefficient (Wildman–Crippen LogP) is 3.42. The third-order valence-electron chi connectivity index (χ3n) is 5.51. The number of amides is 1. The molecule has 2 aromatic carbocycles. The second-order valence-corrected chi connectivity index (χ2v) is 7.48. The van der Waals surface area contributed by atoms with Crippen molar-refractivity contribution in [2.24, 2.45) is 5.92 Å². The number of para-hydroxylation sites is 2. The van der Waals surface area contributed by atoms with Crippen molar-refractivity contribution in [3.63, 3.8) is 0 Å². The molecule has 1 aliphatic rings. The lowest BCUT2D eigenvalue weighted by Gasteiger charge is -2.30. The van der Waals surface area contributed by atoms with Crippen molar-refractivity contribution in [2.75, 3.05) is 38.8 Å². The number of hydrogen-bond acceptors (Lipinski definition) is 6. The van der Waals surface area contributed by atoms with Crippen molar-refractivity contribution in [2.45, 2.75) is 19.3 Å². The number of methoxy groups -OCH3 is 2. The van der Waals surface area contributed by atoms with E-state index in [1.165, 1.54) is 0 Å². The van der Waals surface area contributed by atoms with E-state index in [-0.39, 0.29) is 11.8 Å². The van der Waals surface area contributed by atoms with Gasteiger partial charge in [0.15, 0.2) is 17.1 Å². The SMILES string of the molecule is COc1ccc(CCNC(=O)C2CCCN(c3nc4ccccc4o3)C2)cc1OC. The van der Waals surface area contributed by atoms with E-state index >= 15 is 0 Å². The largest absolute Gasteiger partial charge is 0.493 e. The summed E-state index contributed by atoms with van der Waals surface area (Å²) in [5, 5.41) is 3.08. The van der Waals surface area contributed by atoms with E-state index in [2.05, 4.69) is 15.2 Å². The Morgan fingerprint density at radius 2 is 2.03 bits per heavy atom. The van der Waals surface area contributed by atoms with Gasteiger partial charge in [-0.3, -0.25) is 4.79 Å². The van der Waals surface area contributed by atoms with Crippen molar-refractivity contribution >= 4 is 23.0 Å². The second kappa shape index (κ2) is 9.07. The van der Waals surface area contributed by atoms with Gasteiger partial charge in [0.2, 0.25) is 5.91 Å². The molecule has 1 amide bonds. The zero-order chi connectivity index (χ0) is 20.9. The van der Waals surface area contributed by atoms with Gasteiger partial charge in [-0.1, -0.05) is 18.2 Å². The Balaban J connectivity index is 1.32. The molecular formula is C23H27N3O4. The number of nitrogens with one attached hydrogen (secondary N) is 1. The maximum Gasteiger partial charge on any atom is 0.298 e. The quantitative estimate of drug-likeness (QED) is 0.644. The Hall–Kier alpha value is -3.22. The number of fused-ring (bicyclic) bond motifs is 1. The van der Waals surface area contributed by atoms with E-state index in [9.17, 15) is 4.79 Å². The zero-order valence-electron chi connectivity index (χ0n) is 17.4. The van der Waals surface area contributed by atoms with Crippen LogP contribution < -0.4 is 19.7 Å². The number of oxazole rings is 1. The molecule has 3 aromatic rings. The van der Waals surface area contributed by atoms with Gasteiger partial charge in [0.25, 0.3) is 6.01 Å². The summed E-state index contributed by atoms with van der Waals surface area (Å²) in [7, 11) is 3.24. The minimum absolute atomic E-state index is 0.0702. The predicted molar refractivity (Wildman–Crippen MR) is 115 cm³/mol. The summed E-state index contributed by atoms with van der Waals surface area (Å²) < 4.78 is 16.5. The normalized spacial score (nSPS) is 16.5. The first-order chi connectivity index (χ1) is 14.7. The van der Waals surface area contributed by atoms with Crippen LogP contribution in [0.25, 0.3) is 11.1 Å². The molecule has 0 saturated carbocycles. The minimum Gasteiger partial charge on any atom is -0.493 e. The molecule has 0 aliphatic carbocycles. The van der Waals surface area contributed by atoms with Crippen LogP contribution in [-0.2, 0) is 11.2 Å². The van der Waals surface area contributed by atoms with E-state index in [0.29, 0.717) is 30.6 Å². The topological polar surface area (TPSA) is 76.8 Å². The van der Waals surface area contributed by atoms with Gasteiger partial charge in [0, 0.05) is 19.6 Å². The molecule has 1 N–H and O–H groups in total. The molecule has 7 heteroatoms.